The van der Waals surface area contributed by atoms with E-state index in [2.05, 4.69) is 11.4 Å². The van der Waals surface area contributed by atoms with Crippen LogP contribution in [0, 0.1) is 0 Å². The molecule has 2 saturated heterocycles. The van der Waals surface area contributed by atoms with Crippen molar-refractivity contribution in [1.82, 2.24) is 9.80 Å². The zero-order valence-electron chi connectivity index (χ0n) is 12.1. The number of fused-ring (bicyclic) bond motifs is 2. The van der Waals surface area contributed by atoms with Crippen molar-refractivity contribution in [2.75, 3.05) is 13.1 Å². The first-order valence-electron chi connectivity index (χ1n) is 7.92. The summed E-state index contributed by atoms with van der Waals surface area (Å²) in [5, 5.41) is 2.12. The minimum atomic E-state index is -0.191. The number of hydrogen-bond acceptors (Lipinski definition) is 3. The van der Waals surface area contributed by atoms with Crippen LogP contribution in [-0.2, 0) is 16.0 Å². The zero-order valence-corrected chi connectivity index (χ0v) is 12.9. The lowest BCUT2D eigenvalue weighted by Crippen LogP contribution is -2.61. The maximum Gasteiger partial charge on any atom is 0.246 e. The molecule has 3 aliphatic rings. The molecule has 0 radical (unpaired) electrons. The van der Waals surface area contributed by atoms with Crippen molar-refractivity contribution in [3.63, 3.8) is 0 Å². The molecular formula is C16H20N2O2S. The van der Waals surface area contributed by atoms with Crippen molar-refractivity contribution >= 4 is 23.2 Å². The predicted octanol–water partition coefficient (Wildman–Crippen LogP) is 2.35. The average molecular weight is 304 g/mol. The van der Waals surface area contributed by atoms with Gasteiger partial charge < -0.3 is 9.80 Å². The molecule has 1 aromatic rings. The third-order valence-corrected chi connectivity index (χ3v) is 6.09. The summed E-state index contributed by atoms with van der Waals surface area (Å²) in [6.45, 7) is 1.03. The van der Waals surface area contributed by atoms with E-state index in [0.717, 1.165) is 45.1 Å². The molecule has 2 fully saturated rings. The number of carbonyl (C=O) groups is 2. The Labute approximate surface area is 128 Å². The van der Waals surface area contributed by atoms with E-state index >= 15 is 0 Å². The second-order valence-electron chi connectivity index (χ2n) is 6.27. The van der Waals surface area contributed by atoms with Gasteiger partial charge in [0.2, 0.25) is 11.8 Å². The predicted molar refractivity (Wildman–Crippen MR) is 81.1 cm³/mol. The molecule has 0 spiro atoms. The molecule has 5 heteroatoms. The second kappa shape index (κ2) is 5.13. The number of aryl methyl sites for hydroxylation is 1. The smallest absolute Gasteiger partial charge is 0.246 e. The highest BCUT2D eigenvalue weighted by molar-refractivity contribution is 7.10. The van der Waals surface area contributed by atoms with Crippen LogP contribution in [-0.4, -0.2) is 40.7 Å². The van der Waals surface area contributed by atoms with Gasteiger partial charge in [-0.05, 0) is 55.5 Å². The fourth-order valence-electron chi connectivity index (χ4n) is 4.04. The lowest BCUT2D eigenvalue weighted by molar-refractivity contribution is -0.160. The number of carbonyl (C=O) groups excluding carboxylic acids is 2. The van der Waals surface area contributed by atoms with Gasteiger partial charge in [-0.1, -0.05) is 0 Å². The summed E-state index contributed by atoms with van der Waals surface area (Å²) in [5.41, 5.74) is 1.29. The first-order valence-corrected chi connectivity index (χ1v) is 8.80. The van der Waals surface area contributed by atoms with Crippen LogP contribution in [0.1, 0.15) is 48.6 Å². The van der Waals surface area contributed by atoms with Crippen LogP contribution in [0.3, 0.4) is 0 Å². The van der Waals surface area contributed by atoms with Gasteiger partial charge in [0, 0.05) is 11.4 Å². The van der Waals surface area contributed by atoms with Gasteiger partial charge in [0.05, 0.1) is 6.04 Å². The van der Waals surface area contributed by atoms with Crippen LogP contribution >= 0.6 is 11.3 Å². The molecule has 112 valence electrons. The van der Waals surface area contributed by atoms with Crippen LogP contribution in [0.4, 0.5) is 0 Å². The van der Waals surface area contributed by atoms with Gasteiger partial charge in [0.25, 0.3) is 0 Å². The summed E-state index contributed by atoms with van der Waals surface area (Å²) in [6.07, 6.45) is 6.16. The highest BCUT2D eigenvalue weighted by Gasteiger charge is 2.43. The van der Waals surface area contributed by atoms with Crippen LogP contribution < -0.4 is 0 Å². The average Bonchev–Trinajstić information content (AvgIpc) is 2.99. The number of thiophene rings is 1. The van der Waals surface area contributed by atoms with Crippen molar-refractivity contribution in [2.24, 2.45) is 0 Å². The molecule has 0 saturated carbocycles. The molecule has 1 aromatic heterocycles. The van der Waals surface area contributed by atoms with E-state index in [1.165, 1.54) is 10.4 Å². The molecule has 0 aromatic carbocycles. The fraction of sp³-hybridized carbons (Fsp3) is 0.625. The third kappa shape index (κ3) is 2.09. The van der Waals surface area contributed by atoms with E-state index < -0.39 is 0 Å². The van der Waals surface area contributed by atoms with E-state index in [0.29, 0.717) is 0 Å². The number of amides is 2. The van der Waals surface area contributed by atoms with Gasteiger partial charge in [0.15, 0.2) is 0 Å². The number of nitrogens with zero attached hydrogens (tertiary/aromatic N) is 2. The van der Waals surface area contributed by atoms with Crippen molar-refractivity contribution < 1.29 is 9.59 Å². The maximum atomic E-state index is 12.9. The van der Waals surface area contributed by atoms with Gasteiger partial charge in [-0.25, -0.2) is 0 Å². The monoisotopic (exact) mass is 304 g/mol. The first-order chi connectivity index (χ1) is 10.3. The van der Waals surface area contributed by atoms with E-state index in [1.807, 2.05) is 9.80 Å². The molecule has 0 N–H and O–H groups in total. The van der Waals surface area contributed by atoms with Crippen LogP contribution in [0.25, 0.3) is 0 Å². The summed E-state index contributed by atoms with van der Waals surface area (Å²) in [4.78, 5) is 30.4. The van der Waals surface area contributed by atoms with E-state index in [1.54, 1.807) is 11.3 Å². The van der Waals surface area contributed by atoms with Crippen molar-refractivity contribution in [3.8, 4) is 0 Å². The summed E-state index contributed by atoms with van der Waals surface area (Å²) >= 11 is 1.78. The lowest BCUT2D eigenvalue weighted by Gasteiger charge is -2.46. The molecule has 2 atom stereocenters. The largest absolute Gasteiger partial charge is 0.329 e. The van der Waals surface area contributed by atoms with Crippen LogP contribution in [0.15, 0.2) is 11.4 Å². The minimum Gasteiger partial charge on any atom is -0.329 e. The van der Waals surface area contributed by atoms with Crippen molar-refractivity contribution in [3.05, 3.63) is 21.9 Å². The normalized spacial score (nSPS) is 29.3. The topological polar surface area (TPSA) is 40.6 Å². The van der Waals surface area contributed by atoms with E-state index in [-0.39, 0.29) is 30.4 Å². The van der Waals surface area contributed by atoms with Gasteiger partial charge in [-0.2, -0.15) is 0 Å². The molecule has 4 rings (SSSR count). The number of hydrogen-bond donors (Lipinski definition) is 0. The molecule has 21 heavy (non-hydrogen) atoms. The van der Waals surface area contributed by atoms with Gasteiger partial charge in [-0.15, -0.1) is 11.3 Å². The van der Waals surface area contributed by atoms with Gasteiger partial charge in [0.1, 0.15) is 12.6 Å². The Bertz CT molecular complexity index is 583. The molecule has 3 heterocycles. The fourth-order valence-corrected chi connectivity index (χ4v) is 5.02. The lowest BCUT2D eigenvalue weighted by atomic mass is 9.90. The maximum absolute atomic E-state index is 12.9. The zero-order chi connectivity index (χ0) is 14.4. The quantitative estimate of drug-likeness (QED) is 0.799. The minimum absolute atomic E-state index is 0.125. The number of piperazine rings is 1. The van der Waals surface area contributed by atoms with Gasteiger partial charge >= 0.3 is 0 Å². The Balaban J connectivity index is 1.64. The third-order valence-electron chi connectivity index (χ3n) is 5.09. The Kier molecular flexibility index (Phi) is 3.25. The molecule has 2 unspecified atom stereocenters. The molecule has 1 aliphatic carbocycles. The van der Waals surface area contributed by atoms with E-state index in [4.69, 9.17) is 0 Å². The number of rotatable bonds is 1. The second-order valence-corrected chi connectivity index (χ2v) is 7.27. The van der Waals surface area contributed by atoms with Crippen LogP contribution in [0.2, 0.25) is 0 Å². The molecule has 0 bridgehead atoms. The Hall–Kier alpha value is -1.36. The molecule has 2 aliphatic heterocycles. The molecule has 4 nitrogen and oxygen atoms in total. The van der Waals surface area contributed by atoms with Crippen molar-refractivity contribution in [1.29, 1.82) is 0 Å². The van der Waals surface area contributed by atoms with Crippen LogP contribution in [0.5, 0.6) is 0 Å². The Morgan fingerprint density at radius 3 is 2.81 bits per heavy atom. The summed E-state index contributed by atoms with van der Waals surface area (Å²) in [5.74, 6) is 0.319. The first kappa shape index (κ1) is 13.3. The Morgan fingerprint density at radius 1 is 1.05 bits per heavy atom. The standard InChI is InChI=1S/C16H20N2O2S/c19-15-10-18(16(20)13-4-1-2-8-17(13)15)12-5-3-6-14-11(12)7-9-21-14/h7,9,12-13H,1-6,8,10H2. The van der Waals surface area contributed by atoms with E-state index in [9.17, 15) is 9.59 Å². The molecule has 2 amide bonds. The summed E-state index contributed by atoms with van der Waals surface area (Å²) < 4.78 is 0. The summed E-state index contributed by atoms with van der Waals surface area (Å²) in [6, 6.07) is 2.08. The number of piperidine rings is 1. The molecular weight excluding hydrogens is 284 g/mol. The SMILES string of the molecule is O=C1CN(C2CCCc3sccc32)C(=O)C2CCCCN12. The summed E-state index contributed by atoms with van der Waals surface area (Å²) in [7, 11) is 0. The van der Waals surface area contributed by atoms with Gasteiger partial charge in [-0.3, -0.25) is 9.59 Å². The Morgan fingerprint density at radius 2 is 1.90 bits per heavy atom. The van der Waals surface area contributed by atoms with Crippen molar-refractivity contribution in [2.45, 2.75) is 50.6 Å². The highest BCUT2D eigenvalue weighted by atomic mass is 32.1. The highest BCUT2D eigenvalue weighted by Crippen LogP contribution is 2.39.